The highest BCUT2D eigenvalue weighted by Crippen LogP contribution is 2.30. The van der Waals surface area contributed by atoms with Gasteiger partial charge in [0.15, 0.2) is 5.96 Å². The van der Waals surface area contributed by atoms with E-state index in [2.05, 4.69) is 46.1 Å². The van der Waals surface area contributed by atoms with Crippen LogP contribution in [-0.2, 0) is 17.8 Å². The fourth-order valence-corrected chi connectivity index (χ4v) is 3.12. The maximum absolute atomic E-state index is 11.1. The molecule has 0 heterocycles. The summed E-state index contributed by atoms with van der Waals surface area (Å²) < 4.78 is 6.05. The van der Waals surface area contributed by atoms with E-state index in [-0.39, 0.29) is 5.91 Å². The predicted octanol–water partition coefficient (Wildman–Crippen LogP) is 3.65. The van der Waals surface area contributed by atoms with Crippen LogP contribution in [-0.4, -0.2) is 32.1 Å². The van der Waals surface area contributed by atoms with Gasteiger partial charge in [-0.3, -0.25) is 9.79 Å². The number of aliphatic imine (C=N–C) groups is 1. The Morgan fingerprint density at radius 2 is 1.90 bits per heavy atom. The zero-order valence-corrected chi connectivity index (χ0v) is 18.1. The molecule has 1 aliphatic rings. The van der Waals surface area contributed by atoms with Crippen molar-refractivity contribution >= 4 is 17.6 Å². The third kappa shape index (κ3) is 7.10. The van der Waals surface area contributed by atoms with E-state index in [4.69, 9.17) is 4.74 Å². The molecule has 1 amide bonds. The summed E-state index contributed by atoms with van der Waals surface area (Å²) in [5.41, 5.74) is 4.35. The topological polar surface area (TPSA) is 74.8 Å². The normalized spacial score (nSPS) is 13.6. The summed E-state index contributed by atoms with van der Waals surface area (Å²) in [5.74, 6) is 2.39. The molecule has 1 fully saturated rings. The van der Waals surface area contributed by atoms with Crippen LogP contribution in [0.2, 0.25) is 0 Å². The number of carbonyl (C=O) groups is 1. The molecule has 2 aromatic rings. The zero-order chi connectivity index (χ0) is 21.3. The van der Waals surface area contributed by atoms with E-state index >= 15 is 0 Å². The molecule has 1 saturated carbocycles. The van der Waals surface area contributed by atoms with Gasteiger partial charge in [-0.2, -0.15) is 0 Å². The minimum Gasteiger partial charge on any atom is -0.493 e. The first kappa shape index (κ1) is 21.7. The smallest absolute Gasteiger partial charge is 0.221 e. The fourth-order valence-electron chi connectivity index (χ4n) is 3.12. The monoisotopic (exact) mass is 408 g/mol. The van der Waals surface area contributed by atoms with Crippen LogP contribution >= 0.6 is 0 Å². The Morgan fingerprint density at radius 3 is 2.57 bits per heavy atom. The second-order valence-electron chi connectivity index (χ2n) is 7.85. The molecular formula is C24H32N4O2. The van der Waals surface area contributed by atoms with E-state index in [0.29, 0.717) is 6.54 Å². The van der Waals surface area contributed by atoms with Crippen molar-refractivity contribution in [3.63, 3.8) is 0 Å². The Labute approximate surface area is 179 Å². The maximum atomic E-state index is 11.1. The fraction of sp³-hybridized carbons (Fsp3) is 0.417. The first-order chi connectivity index (χ1) is 14.5. The molecular weight excluding hydrogens is 376 g/mol. The summed E-state index contributed by atoms with van der Waals surface area (Å²) in [6, 6.07) is 14.2. The van der Waals surface area contributed by atoms with Crippen LogP contribution < -0.4 is 20.7 Å². The molecule has 0 aromatic heterocycles. The van der Waals surface area contributed by atoms with E-state index in [1.807, 2.05) is 24.3 Å². The molecule has 0 aliphatic heterocycles. The lowest BCUT2D eigenvalue weighted by molar-refractivity contribution is -0.114. The van der Waals surface area contributed by atoms with Gasteiger partial charge in [0.2, 0.25) is 5.91 Å². The van der Waals surface area contributed by atoms with E-state index < -0.39 is 0 Å². The van der Waals surface area contributed by atoms with Gasteiger partial charge >= 0.3 is 0 Å². The highest BCUT2D eigenvalue weighted by atomic mass is 16.5. The molecule has 30 heavy (non-hydrogen) atoms. The van der Waals surface area contributed by atoms with Crippen LogP contribution in [0.5, 0.6) is 5.75 Å². The van der Waals surface area contributed by atoms with Crippen LogP contribution in [0.25, 0.3) is 0 Å². The number of aryl methyl sites for hydroxylation is 1. The molecule has 0 saturated heterocycles. The van der Waals surface area contributed by atoms with Gasteiger partial charge in [0.1, 0.15) is 5.75 Å². The highest BCUT2D eigenvalue weighted by Gasteiger charge is 2.22. The Kier molecular flexibility index (Phi) is 7.71. The number of guanidine groups is 1. The summed E-state index contributed by atoms with van der Waals surface area (Å²) in [4.78, 5) is 15.4. The molecule has 1 aliphatic carbocycles. The number of carbonyl (C=O) groups excluding carboxylic acids is 1. The van der Waals surface area contributed by atoms with Crippen molar-refractivity contribution in [3.8, 4) is 5.75 Å². The first-order valence-electron chi connectivity index (χ1n) is 10.6. The maximum Gasteiger partial charge on any atom is 0.221 e. The van der Waals surface area contributed by atoms with Gasteiger partial charge in [0, 0.05) is 38.3 Å². The van der Waals surface area contributed by atoms with Gasteiger partial charge < -0.3 is 20.7 Å². The Morgan fingerprint density at radius 1 is 1.13 bits per heavy atom. The third-order valence-electron chi connectivity index (χ3n) is 5.04. The number of amides is 1. The van der Waals surface area contributed by atoms with E-state index in [0.717, 1.165) is 48.5 Å². The molecule has 0 unspecified atom stereocenters. The van der Waals surface area contributed by atoms with Crippen LogP contribution in [0.3, 0.4) is 0 Å². The standard InChI is InChI=1S/C24H32N4O2/c1-17-4-9-21(23(14-17)30-16-20-5-6-20)15-27-24(25-3)26-13-12-19-7-10-22(11-8-19)28-18(2)29/h4,7-11,14,20H,5-6,12-13,15-16H2,1-3H3,(H,28,29)(H2,25,26,27). The summed E-state index contributed by atoms with van der Waals surface area (Å²) in [7, 11) is 1.78. The van der Waals surface area contributed by atoms with Crippen molar-refractivity contribution in [1.82, 2.24) is 10.6 Å². The Balaban J connectivity index is 1.46. The summed E-state index contributed by atoms with van der Waals surface area (Å²) in [6.07, 6.45) is 3.43. The number of nitrogens with zero attached hydrogens (tertiary/aromatic N) is 1. The number of rotatable bonds is 9. The van der Waals surface area contributed by atoms with Gasteiger partial charge in [-0.15, -0.1) is 0 Å². The summed E-state index contributed by atoms with van der Waals surface area (Å²) in [5, 5.41) is 9.51. The molecule has 3 N–H and O–H groups in total. The lowest BCUT2D eigenvalue weighted by Gasteiger charge is -2.15. The molecule has 6 heteroatoms. The lowest BCUT2D eigenvalue weighted by atomic mass is 10.1. The van der Waals surface area contributed by atoms with Crippen molar-refractivity contribution in [1.29, 1.82) is 0 Å². The van der Waals surface area contributed by atoms with E-state index in [9.17, 15) is 4.79 Å². The van der Waals surface area contributed by atoms with Crippen molar-refractivity contribution in [2.45, 2.75) is 39.7 Å². The predicted molar refractivity (Wildman–Crippen MR) is 122 cm³/mol. The second kappa shape index (κ2) is 10.7. The number of hydrogen-bond donors (Lipinski definition) is 3. The largest absolute Gasteiger partial charge is 0.493 e. The van der Waals surface area contributed by atoms with Gasteiger partial charge in [0.05, 0.1) is 6.61 Å². The molecule has 0 atom stereocenters. The molecule has 3 rings (SSSR count). The van der Waals surface area contributed by atoms with E-state index in [1.54, 1.807) is 7.05 Å². The Bertz CT molecular complexity index is 873. The zero-order valence-electron chi connectivity index (χ0n) is 18.1. The van der Waals surface area contributed by atoms with Gasteiger partial charge in [-0.05, 0) is 61.4 Å². The third-order valence-corrected chi connectivity index (χ3v) is 5.04. The van der Waals surface area contributed by atoms with Crippen molar-refractivity contribution in [3.05, 3.63) is 59.2 Å². The number of anilines is 1. The molecule has 2 aromatic carbocycles. The number of benzene rings is 2. The van der Waals surface area contributed by atoms with Crippen LogP contribution in [0, 0.1) is 12.8 Å². The quantitative estimate of drug-likeness (QED) is 0.437. The first-order valence-corrected chi connectivity index (χ1v) is 10.6. The molecule has 160 valence electrons. The van der Waals surface area contributed by atoms with Gasteiger partial charge in [-0.1, -0.05) is 24.3 Å². The van der Waals surface area contributed by atoms with Crippen molar-refractivity contribution in [2.75, 3.05) is 25.5 Å². The summed E-state index contributed by atoms with van der Waals surface area (Å²) >= 11 is 0. The van der Waals surface area contributed by atoms with Crippen LogP contribution in [0.4, 0.5) is 5.69 Å². The van der Waals surface area contributed by atoms with Crippen molar-refractivity contribution < 1.29 is 9.53 Å². The number of ether oxygens (including phenoxy) is 1. The molecule has 0 spiro atoms. The highest BCUT2D eigenvalue weighted by molar-refractivity contribution is 5.88. The lowest BCUT2D eigenvalue weighted by Crippen LogP contribution is -2.37. The molecule has 6 nitrogen and oxygen atoms in total. The summed E-state index contributed by atoms with van der Waals surface area (Å²) in [6.45, 7) is 5.83. The number of nitrogens with one attached hydrogen (secondary N) is 3. The van der Waals surface area contributed by atoms with Gasteiger partial charge in [-0.25, -0.2) is 0 Å². The number of hydrogen-bond acceptors (Lipinski definition) is 3. The Hall–Kier alpha value is -3.02. The SMILES string of the molecule is CN=C(NCCc1ccc(NC(C)=O)cc1)NCc1ccc(C)cc1OCC1CC1. The van der Waals surface area contributed by atoms with Gasteiger partial charge in [0.25, 0.3) is 0 Å². The molecule has 0 radical (unpaired) electrons. The van der Waals surface area contributed by atoms with Crippen molar-refractivity contribution in [2.24, 2.45) is 10.9 Å². The molecule has 0 bridgehead atoms. The average molecular weight is 409 g/mol. The van der Waals surface area contributed by atoms with Crippen LogP contribution in [0.1, 0.15) is 36.5 Å². The van der Waals surface area contributed by atoms with E-state index in [1.165, 1.54) is 30.9 Å². The van der Waals surface area contributed by atoms with Crippen LogP contribution in [0.15, 0.2) is 47.5 Å². The minimum absolute atomic E-state index is 0.0611. The minimum atomic E-state index is -0.0611. The second-order valence-corrected chi connectivity index (χ2v) is 7.85. The average Bonchev–Trinajstić information content (AvgIpc) is 3.55.